The summed E-state index contributed by atoms with van der Waals surface area (Å²) in [5.74, 6) is 0.282. The summed E-state index contributed by atoms with van der Waals surface area (Å²) in [5, 5.41) is 3.11. The third-order valence-corrected chi connectivity index (χ3v) is 2.71. The SMILES string of the molecule is Cc1nc(C)c(C(=O)Nc2ccc(Cl)c(N)c2)o1. The lowest BCUT2D eigenvalue weighted by atomic mass is 10.2. The summed E-state index contributed by atoms with van der Waals surface area (Å²) in [4.78, 5) is 16.0. The quantitative estimate of drug-likeness (QED) is 0.818. The van der Waals surface area contributed by atoms with E-state index in [1.807, 2.05) is 0 Å². The first kappa shape index (κ1) is 12.4. The molecule has 3 N–H and O–H groups in total. The number of nitrogens with zero attached hydrogens (tertiary/aromatic N) is 1. The van der Waals surface area contributed by atoms with Gasteiger partial charge in [0.05, 0.1) is 16.4 Å². The maximum Gasteiger partial charge on any atom is 0.293 e. The Balaban J connectivity index is 2.21. The van der Waals surface area contributed by atoms with E-state index in [0.717, 1.165) is 0 Å². The number of hydrogen-bond donors (Lipinski definition) is 2. The number of nitrogen functional groups attached to an aromatic ring is 1. The van der Waals surface area contributed by atoms with Crippen molar-refractivity contribution in [3.05, 3.63) is 40.6 Å². The van der Waals surface area contributed by atoms with Gasteiger partial charge < -0.3 is 15.5 Å². The number of nitrogens with two attached hydrogens (primary N) is 1. The molecule has 0 saturated heterocycles. The van der Waals surface area contributed by atoms with Crippen LogP contribution < -0.4 is 11.1 Å². The number of carbonyl (C=O) groups excluding carboxylic acids is 1. The highest BCUT2D eigenvalue weighted by molar-refractivity contribution is 6.33. The van der Waals surface area contributed by atoms with Gasteiger partial charge in [0.25, 0.3) is 5.91 Å². The van der Waals surface area contributed by atoms with E-state index in [1.165, 1.54) is 0 Å². The summed E-state index contributed by atoms with van der Waals surface area (Å²) in [6.07, 6.45) is 0. The van der Waals surface area contributed by atoms with E-state index < -0.39 is 0 Å². The Hall–Kier alpha value is -2.01. The molecule has 18 heavy (non-hydrogen) atoms. The van der Waals surface area contributed by atoms with Crippen LogP contribution in [0.2, 0.25) is 5.02 Å². The summed E-state index contributed by atoms with van der Waals surface area (Å²) in [7, 11) is 0. The highest BCUT2D eigenvalue weighted by Gasteiger charge is 2.16. The van der Waals surface area contributed by atoms with Gasteiger partial charge in [-0.25, -0.2) is 4.98 Å². The van der Waals surface area contributed by atoms with Crippen molar-refractivity contribution in [2.24, 2.45) is 0 Å². The molecule has 0 spiro atoms. The van der Waals surface area contributed by atoms with E-state index in [4.69, 9.17) is 21.8 Å². The molecule has 0 unspecified atom stereocenters. The molecule has 0 aliphatic heterocycles. The number of aryl methyl sites for hydroxylation is 2. The van der Waals surface area contributed by atoms with Gasteiger partial charge in [0.15, 0.2) is 5.89 Å². The van der Waals surface area contributed by atoms with Crippen LogP contribution in [-0.2, 0) is 0 Å². The second-order valence-corrected chi connectivity index (χ2v) is 4.25. The van der Waals surface area contributed by atoms with E-state index in [2.05, 4.69) is 10.3 Å². The summed E-state index contributed by atoms with van der Waals surface area (Å²) in [5.41, 5.74) is 7.15. The fourth-order valence-corrected chi connectivity index (χ4v) is 1.67. The lowest BCUT2D eigenvalue weighted by Gasteiger charge is -2.05. The van der Waals surface area contributed by atoms with Crippen molar-refractivity contribution in [2.45, 2.75) is 13.8 Å². The standard InChI is InChI=1S/C12H12ClN3O2/c1-6-11(18-7(2)15-6)12(17)16-8-3-4-9(13)10(14)5-8/h3-5H,14H2,1-2H3,(H,16,17). The summed E-state index contributed by atoms with van der Waals surface area (Å²) < 4.78 is 5.22. The van der Waals surface area contributed by atoms with Crippen molar-refractivity contribution >= 4 is 28.9 Å². The Morgan fingerprint density at radius 1 is 1.44 bits per heavy atom. The molecular weight excluding hydrogens is 254 g/mol. The van der Waals surface area contributed by atoms with Crippen molar-refractivity contribution < 1.29 is 9.21 Å². The number of aromatic nitrogens is 1. The Morgan fingerprint density at radius 2 is 2.17 bits per heavy atom. The van der Waals surface area contributed by atoms with Crippen LogP contribution in [0.1, 0.15) is 22.1 Å². The topological polar surface area (TPSA) is 81.2 Å². The molecule has 0 atom stereocenters. The molecule has 2 rings (SSSR count). The lowest BCUT2D eigenvalue weighted by molar-refractivity contribution is 0.0994. The molecule has 0 aliphatic rings. The van der Waals surface area contributed by atoms with Crippen LogP contribution in [0.25, 0.3) is 0 Å². The number of nitrogens with one attached hydrogen (secondary N) is 1. The third kappa shape index (κ3) is 2.46. The van der Waals surface area contributed by atoms with E-state index in [0.29, 0.717) is 28.0 Å². The van der Waals surface area contributed by atoms with Gasteiger partial charge in [-0.1, -0.05) is 11.6 Å². The molecule has 0 aliphatic carbocycles. The third-order valence-electron chi connectivity index (χ3n) is 2.36. The fourth-order valence-electron chi connectivity index (χ4n) is 1.55. The zero-order valence-electron chi connectivity index (χ0n) is 9.95. The van der Waals surface area contributed by atoms with Crippen molar-refractivity contribution in [2.75, 3.05) is 11.1 Å². The molecule has 0 saturated carbocycles. The van der Waals surface area contributed by atoms with Gasteiger partial charge in [-0.15, -0.1) is 0 Å². The maximum absolute atomic E-state index is 11.9. The average Bonchev–Trinajstić information content (AvgIpc) is 2.63. The number of benzene rings is 1. The van der Waals surface area contributed by atoms with Crippen molar-refractivity contribution in [1.82, 2.24) is 4.98 Å². The van der Waals surface area contributed by atoms with Crippen LogP contribution in [0.5, 0.6) is 0 Å². The van der Waals surface area contributed by atoms with E-state index in [9.17, 15) is 4.79 Å². The Morgan fingerprint density at radius 3 is 2.72 bits per heavy atom. The fraction of sp³-hybridized carbons (Fsp3) is 0.167. The Labute approximate surface area is 109 Å². The number of hydrogen-bond acceptors (Lipinski definition) is 4. The van der Waals surface area contributed by atoms with Crippen molar-refractivity contribution in [1.29, 1.82) is 0 Å². The second-order valence-electron chi connectivity index (χ2n) is 3.84. The molecular formula is C12H12ClN3O2. The normalized spacial score (nSPS) is 10.4. The first-order valence-electron chi connectivity index (χ1n) is 5.28. The zero-order valence-corrected chi connectivity index (χ0v) is 10.7. The van der Waals surface area contributed by atoms with Crippen LogP contribution in [0, 0.1) is 13.8 Å². The van der Waals surface area contributed by atoms with E-state index in [1.54, 1.807) is 32.0 Å². The minimum Gasteiger partial charge on any atom is -0.436 e. The smallest absolute Gasteiger partial charge is 0.293 e. The maximum atomic E-state index is 11.9. The highest BCUT2D eigenvalue weighted by atomic mass is 35.5. The number of carbonyl (C=O) groups is 1. The van der Waals surface area contributed by atoms with Gasteiger partial charge in [0.1, 0.15) is 0 Å². The number of oxazole rings is 1. The average molecular weight is 266 g/mol. The van der Waals surface area contributed by atoms with Crippen LogP contribution in [0.4, 0.5) is 11.4 Å². The molecule has 6 heteroatoms. The van der Waals surface area contributed by atoms with Gasteiger partial charge in [-0.2, -0.15) is 0 Å². The van der Waals surface area contributed by atoms with Gasteiger partial charge in [-0.05, 0) is 25.1 Å². The minimum atomic E-state index is -0.366. The monoisotopic (exact) mass is 265 g/mol. The lowest BCUT2D eigenvalue weighted by Crippen LogP contribution is -2.12. The summed E-state index contributed by atoms with van der Waals surface area (Å²) in [6.45, 7) is 3.39. The molecule has 0 fully saturated rings. The predicted molar refractivity (Wildman–Crippen MR) is 69.8 cm³/mol. The molecule has 1 aromatic carbocycles. The first-order chi connectivity index (χ1) is 8.47. The highest BCUT2D eigenvalue weighted by Crippen LogP contribution is 2.23. The molecule has 0 bridgehead atoms. The predicted octanol–water partition coefficient (Wildman–Crippen LogP) is 2.78. The first-order valence-corrected chi connectivity index (χ1v) is 5.65. The van der Waals surface area contributed by atoms with Crippen LogP contribution in [0.3, 0.4) is 0 Å². The van der Waals surface area contributed by atoms with Gasteiger partial charge in [0.2, 0.25) is 5.76 Å². The summed E-state index contributed by atoms with van der Waals surface area (Å²) in [6, 6.07) is 4.86. The van der Waals surface area contributed by atoms with E-state index in [-0.39, 0.29) is 11.7 Å². The van der Waals surface area contributed by atoms with Crippen molar-refractivity contribution in [3.8, 4) is 0 Å². The molecule has 94 valence electrons. The van der Waals surface area contributed by atoms with E-state index >= 15 is 0 Å². The van der Waals surface area contributed by atoms with Crippen LogP contribution in [0.15, 0.2) is 22.6 Å². The number of anilines is 2. The van der Waals surface area contributed by atoms with Gasteiger partial charge in [0, 0.05) is 12.6 Å². The molecule has 0 radical (unpaired) electrons. The van der Waals surface area contributed by atoms with Gasteiger partial charge in [-0.3, -0.25) is 4.79 Å². The Kier molecular flexibility index (Phi) is 3.25. The minimum absolute atomic E-state index is 0.195. The summed E-state index contributed by atoms with van der Waals surface area (Å²) >= 11 is 5.80. The number of rotatable bonds is 2. The van der Waals surface area contributed by atoms with Crippen molar-refractivity contribution in [3.63, 3.8) is 0 Å². The largest absolute Gasteiger partial charge is 0.436 e. The zero-order chi connectivity index (χ0) is 13.3. The molecule has 2 aromatic rings. The number of halogens is 1. The number of amides is 1. The van der Waals surface area contributed by atoms with Crippen LogP contribution >= 0.6 is 11.6 Å². The molecule has 1 heterocycles. The second kappa shape index (κ2) is 4.70. The molecule has 1 aromatic heterocycles. The molecule has 5 nitrogen and oxygen atoms in total. The molecule has 1 amide bonds. The Bertz CT molecular complexity index is 607. The van der Waals surface area contributed by atoms with Crippen LogP contribution in [-0.4, -0.2) is 10.9 Å². The van der Waals surface area contributed by atoms with Gasteiger partial charge >= 0.3 is 0 Å².